The van der Waals surface area contributed by atoms with Crippen molar-refractivity contribution >= 4 is 17.6 Å². The Kier molecular flexibility index (Phi) is 4.15. The summed E-state index contributed by atoms with van der Waals surface area (Å²) in [5.74, 6) is -0.814. The molecule has 0 spiro atoms. The van der Waals surface area contributed by atoms with E-state index in [0.29, 0.717) is 22.6 Å². The third-order valence-corrected chi connectivity index (χ3v) is 2.83. The third kappa shape index (κ3) is 3.12. The zero-order valence-corrected chi connectivity index (χ0v) is 9.66. The lowest BCUT2D eigenvalue weighted by Crippen LogP contribution is -2.12. The molecule has 1 atom stereocenters. The van der Waals surface area contributed by atoms with Crippen molar-refractivity contribution in [1.29, 1.82) is 0 Å². The van der Waals surface area contributed by atoms with Gasteiger partial charge >= 0.3 is 5.97 Å². The fourth-order valence-electron chi connectivity index (χ4n) is 1.34. The van der Waals surface area contributed by atoms with Crippen LogP contribution < -0.4 is 5.73 Å². The summed E-state index contributed by atoms with van der Waals surface area (Å²) in [6.07, 6.45) is 0.307. The van der Waals surface area contributed by atoms with Gasteiger partial charge in [0.25, 0.3) is 0 Å². The summed E-state index contributed by atoms with van der Waals surface area (Å²) in [4.78, 5) is 10.4. The largest absolute Gasteiger partial charge is 0.508 e. The molecule has 0 aliphatic heterocycles. The monoisotopic (exact) mass is 243 g/mol. The lowest BCUT2D eigenvalue weighted by atomic mass is 10.0. The average Bonchev–Trinajstić information content (AvgIpc) is 2.21. The molecule has 1 aromatic carbocycles. The first-order valence-corrected chi connectivity index (χ1v) is 5.26. The Morgan fingerprint density at radius 3 is 2.69 bits per heavy atom. The lowest BCUT2D eigenvalue weighted by molar-refractivity contribution is -0.137. The molecular formula is C11H14ClNO3. The summed E-state index contributed by atoms with van der Waals surface area (Å²) < 4.78 is 0. The minimum atomic E-state index is -0.891. The van der Waals surface area contributed by atoms with Gasteiger partial charge in [-0.2, -0.15) is 0 Å². The zero-order chi connectivity index (χ0) is 12.3. The molecule has 88 valence electrons. The second-order valence-electron chi connectivity index (χ2n) is 3.69. The van der Waals surface area contributed by atoms with Gasteiger partial charge in [-0.25, -0.2) is 0 Å². The van der Waals surface area contributed by atoms with E-state index < -0.39 is 12.0 Å². The molecule has 16 heavy (non-hydrogen) atoms. The van der Waals surface area contributed by atoms with Crippen LogP contribution in [0, 0.1) is 6.92 Å². The van der Waals surface area contributed by atoms with Gasteiger partial charge in [0.1, 0.15) is 5.75 Å². The molecule has 0 heterocycles. The van der Waals surface area contributed by atoms with E-state index >= 15 is 0 Å². The van der Waals surface area contributed by atoms with Gasteiger partial charge in [-0.05, 0) is 31.0 Å². The van der Waals surface area contributed by atoms with Gasteiger partial charge < -0.3 is 15.9 Å². The smallest absolute Gasteiger partial charge is 0.303 e. The van der Waals surface area contributed by atoms with Crippen LogP contribution in [0.25, 0.3) is 0 Å². The number of halogens is 1. The van der Waals surface area contributed by atoms with Crippen LogP contribution in [0.3, 0.4) is 0 Å². The van der Waals surface area contributed by atoms with Crippen molar-refractivity contribution in [2.24, 2.45) is 5.73 Å². The first-order chi connectivity index (χ1) is 7.41. The van der Waals surface area contributed by atoms with E-state index in [1.54, 1.807) is 13.0 Å². The van der Waals surface area contributed by atoms with Gasteiger partial charge in [-0.15, -0.1) is 0 Å². The number of phenolic OH excluding ortho intramolecular Hbond substituents is 1. The van der Waals surface area contributed by atoms with Gasteiger partial charge in [0.05, 0.1) is 0 Å². The van der Waals surface area contributed by atoms with E-state index in [4.69, 9.17) is 22.4 Å². The fourth-order valence-corrected chi connectivity index (χ4v) is 1.57. The molecule has 4 N–H and O–H groups in total. The van der Waals surface area contributed by atoms with Crippen molar-refractivity contribution in [3.8, 4) is 5.75 Å². The summed E-state index contributed by atoms with van der Waals surface area (Å²) >= 11 is 5.89. The van der Waals surface area contributed by atoms with E-state index in [0.717, 1.165) is 0 Å². The maximum Gasteiger partial charge on any atom is 0.303 e. The second-order valence-corrected chi connectivity index (χ2v) is 4.09. The zero-order valence-electron chi connectivity index (χ0n) is 8.90. The number of carbonyl (C=O) groups is 1. The van der Waals surface area contributed by atoms with Gasteiger partial charge in [0.2, 0.25) is 0 Å². The van der Waals surface area contributed by atoms with Gasteiger partial charge in [0.15, 0.2) is 0 Å². The number of phenols is 1. The molecule has 1 aromatic rings. The molecule has 0 aliphatic carbocycles. The van der Waals surface area contributed by atoms with Crippen molar-refractivity contribution < 1.29 is 15.0 Å². The van der Waals surface area contributed by atoms with E-state index in [1.165, 1.54) is 6.07 Å². The summed E-state index contributed by atoms with van der Waals surface area (Å²) in [6, 6.07) is 2.75. The number of aliphatic carboxylic acids is 1. The minimum absolute atomic E-state index is 0.00652. The highest BCUT2D eigenvalue weighted by atomic mass is 35.5. The van der Waals surface area contributed by atoms with Crippen LogP contribution in [0.1, 0.15) is 30.0 Å². The van der Waals surface area contributed by atoms with E-state index in [-0.39, 0.29) is 12.2 Å². The van der Waals surface area contributed by atoms with Crippen LogP contribution in [-0.2, 0) is 4.79 Å². The molecule has 0 amide bonds. The van der Waals surface area contributed by atoms with Gasteiger partial charge in [-0.3, -0.25) is 4.79 Å². The van der Waals surface area contributed by atoms with Crippen molar-refractivity contribution in [2.45, 2.75) is 25.8 Å². The Balaban J connectivity index is 2.84. The third-order valence-electron chi connectivity index (χ3n) is 2.44. The maximum absolute atomic E-state index is 10.4. The van der Waals surface area contributed by atoms with Crippen LogP contribution in [0.2, 0.25) is 5.02 Å². The molecule has 0 aliphatic rings. The molecule has 1 unspecified atom stereocenters. The summed E-state index contributed by atoms with van der Waals surface area (Å²) in [5, 5.41) is 18.5. The highest BCUT2D eigenvalue weighted by Crippen LogP contribution is 2.29. The van der Waals surface area contributed by atoms with E-state index in [2.05, 4.69) is 0 Å². The minimum Gasteiger partial charge on any atom is -0.508 e. The summed E-state index contributed by atoms with van der Waals surface area (Å²) in [6.45, 7) is 1.70. The normalized spacial score (nSPS) is 12.4. The molecule has 0 aromatic heterocycles. The topological polar surface area (TPSA) is 83.5 Å². The van der Waals surface area contributed by atoms with Crippen molar-refractivity contribution in [2.75, 3.05) is 0 Å². The standard InChI is InChI=1S/C11H14ClNO3/c1-6-8(12)4-7(5-10(6)14)9(13)2-3-11(15)16/h4-5,9,14H,2-3,13H2,1H3,(H,15,16). The second kappa shape index (κ2) is 5.18. The molecule has 0 fully saturated rings. The van der Waals surface area contributed by atoms with Crippen molar-refractivity contribution in [1.82, 2.24) is 0 Å². The number of rotatable bonds is 4. The predicted octanol–water partition coefficient (Wildman–Crippen LogP) is 2.22. The number of carboxylic acid groups (broad SMARTS) is 1. The Hall–Kier alpha value is -1.26. The Bertz CT molecular complexity index is 383. The quantitative estimate of drug-likeness (QED) is 0.757. The maximum atomic E-state index is 10.4. The molecule has 4 nitrogen and oxygen atoms in total. The number of nitrogens with two attached hydrogens (primary N) is 1. The molecule has 5 heteroatoms. The van der Waals surface area contributed by atoms with Crippen LogP contribution in [0.4, 0.5) is 0 Å². The SMILES string of the molecule is Cc1c(O)cc(C(N)CCC(=O)O)cc1Cl. The predicted molar refractivity (Wildman–Crippen MR) is 61.7 cm³/mol. The average molecular weight is 244 g/mol. The van der Waals surface area contributed by atoms with Crippen molar-refractivity contribution in [3.63, 3.8) is 0 Å². The number of hydrogen-bond acceptors (Lipinski definition) is 3. The fraction of sp³-hybridized carbons (Fsp3) is 0.364. The highest BCUT2D eigenvalue weighted by Gasteiger charge is 2.12. The Morgan fingerprint density at radius 2 is 2.19 bits per heavy atom. The number of aromatic hydroxyl groups is 1. The summed E-state index contributed by atoms with van der Waals surface area (Å²) in [5.41, 5.74) is 7.04. The Morgan fingerprint density at radius 1 is 1.56 bits per heavy atom. The molecule has 0 bridgehead atoms. The van der Waals surface area contributed by atoms with Crippen LogP contribution in [-0.4, -0.2) is 16.2 Å². The van der Waals surface area contributed by atoms with E-state index in [9.17, 15) is 9.90 Å². The lowest BCUT2D eigenvalue weighted by Gasteiger charge is -2.13. The first-order valence-electron chi connectivity index (χ1n) is 4.88. The molecule has 1 rings (SSSR count). The number of carboxylic acids is 1. The Labute approximate surface area is 98.6 Å². The molecule has 0 saturated carbocycles. The van der Waals surface area contributed by atoms with Crippen LogP contribution in [0.15, 0.2) is 12.1 Å². The van der Waals surface area contributed by atoms with Crippen LogP contribution in [0.5, 0.6) is 5.75 Å². The van der Waals surface area contributed by atoms with Gasteiger partial charge in [0, 0.05) is 23.0 Å². The summed E-state index contributed by atoms with van der Waals surface area (Å²) in [7, 11) is 0. The van der Waals surface area contributed by atoms with Gasteiger partial charge in [-0.1, -0.05) is 11.6 Å². The van der Waals surface area contributed by atoms with Crippen LogP contribution >= 0.6 is 11.6 Å². The van der Waals surface area contributed by atoms with E-state index in [1.807, 2.05) is 0 Å². The number of hydrogen-bond donors (Lipinski definition) is 3. The molecular weight excluding hydrogens is 230 g/mol. The van der Waals surface area contributed by atoms with Crippen molar-refractivity contribution in [3.05, 3.63) is 28.3 Å². The molecule has 0 saturated heterocycles. The first kappa shape index (κ1) is 12.8. The molecule has 0 radical (unpaired) electrons. The highest BCUT2D eigenvalue weighted by molar-refractivity contribution is 6.31. The number of benzene rings is 1.